The summed E-state index contributed by atoms with van der Waals surface area (Å²) in [6.45, 7) is 3.43. The minimum atomic E-state index is 0. The Labute approximate surface area is 42.1 Å². The molecule has 3 radical (unpaired) electrons. The van der Waals surface area contributed by atoms with Crippen LogP contribution in [0.15, 0.2) is 12.7 Å². The predicted octanol–water partition coefficient (Wildman–Crippen LogP) is 1.18. The largest absolute Gasteiger partial charge is 0.147 e. The molecule has 0 nitrogen and oxygen atoms in total. The molecule has 0 N–H and O–H groups in total. The van der Waals surface area contributed by atoms with Crippen LogP contribution >= 0.6 is 12.4 Å². The first-order chi connectivity index (χ1) is 1.91. The molecule has 29 valence electrons. The summed E-state index contributed by atoms with van der Waals surface area (Å²) in [5.74, 6) is 0. The Morgan fingerprint density at radius 2 is 2.00 bits per heavy atom. The van der Waals surface area contributed by atoms with E-state index < -0.39 is 0 Å². The second-order valence-corrected chi connectivity index (χ2v) is 0.901. The van der Waals surface area contributed by atoms with Crippen molar-refractivity contribution in [3.05, 3.63) is 12.7 Å². The molecule has 0 aromatic carbocycles. The van der Waals surface area contributed by atoms with E-state index in [0.717, 1.165) is 6.04 Å². The molecular formula is C3H6ClSi. The minimum absolute atomic E-state index is 0. The fourth-order valence-electron chi connectivity index (χ4n) is 0. The van der Waals surface area contributed by atoms with Crippen molar-refractivity contribution in [1.29, 1.82) is 0 Å². The lowest BCUT2D eigenvalue weighted by Gasteiger charge is -1.56. The molecule has 0 aliphatic carbocycles. The van der Waals surface area contributed by atoms with Crippen LogP contribution in [0.3, 0.4) is 0 Å². The van der Waals surface area contributed by atoms with Crippen molar-refractivity contribution >= 4 is 22.6 Å². The molecule has 0 bridgehead atoms. The molecule has 0 saturated heterocycles. The molecule has 2 heteroatoms. The van der Waals surface area contributed by atoms with Crippen LogP contribution < -0.4 is 0 Å². The van der Waals surface area contributed by atoms with Gasteiger partial charge in [-0.2, -0.15) is 0 Å². The van der Waals surface area contributed by atoms with Gasteiger partial charge in [0.2, 0.25) is 0 Å². The van der Waals surface area contributed by atoms with Gasteiger partial charge in [0.15, 0.2) is 0 Å². The Morgan fingerprint density at radius 1 is 1.80 bits per heavy atom. The highest BCUT2D eigenvalue weighted by molar-refractivity contribution is 6.09. The van der Waals surface area contributed by atoms with Crippen LogP contribution in [0.5, 0.6) is 0 Å². The van der Waals surface area contributed by atoms with Gasteiger partial charge in [-0.1, -0.05) is 6.08 Å². The molecule has 0 unspecified atom stereocenters. The lowest BCUT2D eigenvalue weighted by atomic mass is 10.8. The molecule has 0 aliphatic heterocycles. The van der Waals surface area contributed by atoms with Gasteiger partial charge < -0.3 is 0 Å². The second kappa shape index (κ2) is 8.87. The van der Waals surface area contributed by atoms with Crippen molar-refractivity contribution in [2.24, 2.45) is 0 Å². The van der Waals surface area contributed by atoms with Gasteiger partial charge in [0.05, 0.1) is 0 Å². The average Bonchev–Trinajstić information content (AvgIpc) is 1.37. The van der Waals surface area contributed by atoms with E-state index in [1.165, 1.54) is 0 Å². The number of hydrogen-bond donors (Lipinski definition) is 0. The highest BCUT2D eigenvalue weighted by atomic mass is 35.5. The molecule has 0 atom stereocenters. The summed E-state index contributed by atoms with van der Waals surface area (Å²) < 4.78 is 0. The average molecular weight is 106 g/mol. The van der Waals surface area contributed by atoms with E-state index in [2.05, 4.69) is 16.8 Å². The minimum Gasteiger partial charge on any atom is -0.147 e. The van der Waals surface area contributed by atoms with Gasteiger partial charge in [0.1, 0.15) is 0 Å². The second-order valence-electron chi connectivity index (χ2n) is 0.493. The molecule has 0 aromatic rings. The highest BCUT2D eigenvalue weighted by Crippen LogP contribution is 1.61. The van der Waals surface area contributed by atoms with Crippen molar-refractivity contribution in [2.45, 2.75) is 6.04 Å². The van der Waals surface area contributed by atoms with Gasteiger partial charge in [-0.15, -0.1) is 19.0 Å². The Hall–Kier alpha value is 0.247. The van der Waals surface area contributed by atoms with Gasteiger partial charge >= 0.3 is 0 Å². The molecule has 0 amide bonds. The molecule has 5 heavy (non-hydrogen) atoms. The van der Waals surface area contributed by atoms with Crippen LogP contribution in [0.2, 0.25) is 6.04 Å². The van der Waals surface area contributed by atoms with Crippen LogP contribution in [0, 0.1) is 0 Å². The zero-order valence-electron chi connectivity index (χ0n) is 2.90. The fraction of sp³-hybridized carbons (Fsp3) is 0.333. The van der Waals surface area contributed by atoms with Crippen molar-refractivity contribution in [2.75, 3.05) is 0 Å². The van der Waals surface area contributed by atoms with Crippen molar-refractivity contribution in [3.63, 3.8) is 0 Å². The van der Waals surface area contributed by atoms with Crippen molar-refractivity contribution in [1.82, 2.24) is 0 Å². The standard InChI is InChI=1S/C3H5Si.ClH/c1-2-3-4;/h2H,1,3H2;1H. The van der Waals surface area contributed by atoms with E-state index >= 15 is 0 Å². The van der Waals surface area contributed by atoms with E-state index in [4.69, 9.17) is 0 Å². The first-order valence-electron chi connectivity index (χ1n) is 1.17. The summed E-state index contributed by atoms with van der Waals surface area (Å²) in [7, 11) is 3.17. The molecule has 0 spiro atoms. The number of allylic oxidation sites excluding steroid dienone is 1. The van der Waals surface area contributed by atoms with Crippen LogP contribution in [-0.2, 0) is 0 Å². The molecule has 0 aromatic heterocycles. The van der Waals surface area contributed by atoms with Gasteiger partial charge in [-0.05, 0) is 6.04 Å². The first kappa shape index (κ1) is 8.98. The summed E-state index contributed by atoms with van der Waals surface area (Å²) >= 11 is 0. The van der Waals surface area contributed by atoms with E-state index in [9.17, 15) is 0 Å². The van der Waals surface area contributed by atoms with E-state index in [-0.39, 0.29) is 12.4 Å². The van der Waals surface area contributed by atoms with E-state index in [1.807, 2.05) is 0 Å². The summed E-state index contributed by atoms with van der Waals surface area (Å²) in [4.78, 5) is 0. The highest BCUT2D eigenvalue weighted by Gasteiger charge is 1.46. The van der Waals surface area contributed by atoms with Crippen LogP contribution in [0.4, 0.5) is 0 Å². The maximum atomic E-state index is 3.43. The van der Waals surface area contributed by atoms with Crippen molar-refractivity contribution < 1.29 is 0 Å². The monoisotopic (exact) mass is 105 g/mol. The number of halogens is 1. The molecule has 0 rings (SSSR count). The van der Waals surface area contributed by atoms with Gasteiger partial charge in [0.25, 0.3) is 0 Å². The Balaban J connectivity index is 0. The zero-order chi connectivity index (χ0) is 3.41. The van der Waals surface area contributed by atoms with E-state index in [0.29, 0.717) is 0 Å². The Bertz CT molecular complexity index is 20.9. The lowest BCUT2D eigenvalue weighted by molar-refractivity contribution is 1.76. The van der Waals surface area contributed by atoms with Crippen LogP contribution in [-0.4, -0.2) is 10.2 Å². The zero-order valence-corrected chi connectivity index (χ0v) is 4.72. The number of rotatable bonds is 1. The molecule has 0 heterocycles. The first-order valence-corrected chi connectivity index (χ1v) is 1.88. The fourth-order valence-corrected chi connectivity index (χ4v) is 0. The normalized spacial score (nSPS) is 5.00. The summed E-state index contributed by atoms with van der Waals surface area (Å²) in [6.07, 6.45) is 1.79. The summed E-state index contributed by atoms with van der Waals surface area (Å²) in [5.41, 5.74) is 0. The third kappa shape index (κ3) is 13.8. The maximum absolute atomic E-state index is 3.43. The topological polar surface area (TPSA) is 0 Å². The van der Waals surface area contributed by atoms with E-state index in [1.54, 1.807) is 6.08 Å². The molecule has 0 aliphatic rings. The van der Waals surface area contributed by atoms with Crippen LogP contribution in [0.1, 0.15) is 0 Å². The molecule has 0 fully saturated rings. The Kier molecular flexibility index (Phi) is 15.9. The third-order valence-electron chi connectivity index (χ3n) is 0.144. The summed E-state index contributed by atoms with van der Waals surface area (Å²) in [5, 5.41) is 0. The maximum Gasteiger partial charge on any atom is 0.0275 e. The molecule has 0 saturated carbocycles. The lowest BCUT2D eigenvalue weighted by Crippen LogP contribution is -1.47. The Morgan fingerprint density at radius 3 is 2.00 bits per heavy atom. The number of hydrogen-bond acceptors (Lipinski definition) is 0. The van der Waals surface area contributed by atoms with Crippen LogP contribution in [0.25, 0.3) is 0 Å². The summed E-state index contributed by atoms with van der Waals surface area (Å²) in [6, 6.07) is 0.889. The van der Waals surface area contributed by atoms with Crippen molar-refractivity contribution in [3.8, 4) is 0 Å². The smallest absolute Gasteiger partial charge is 0.0275 e. The van der Waals surface area contributed by atoms with Gasteiger partial charge in [0, 0.05) is 10.2 Å². The molecular weight excluding hydrogens is 99.6 g/mol. The third-order valence-corrected chi connectivity index (χ3v) is 0.433. The predicted molar refractivity (Wildman–Crippen MR) is 28.0 cm³/mol. The SMILES string of the molecule is C=CC[Si].Cl. The quantitative estimate of drug-likeness (QED) is 0.347. The van der Waals surface area contributed by atoms with Gasteiger partial charge in [-0.25, -0.2) is 0 Å². The van der Waals surface area contributed by atoms with Gasteiger partial charge in [-0.3, -0.25) is 0 Å².